The third-order valence-corrected chi connectivity index (χ3v) is 11.3. The van der Waals surface area contributed by atoms with Crippen LogP contribution in [0.1, 0.15) is 245 Å². The highest BCUT2D eigenvalue weighted by Crippen LogP contribution is 2.14. The lowest BCUT2D eigenvalue weighted by molar-refractivity contribution is -0.166. The van der Waals surface area contributed by atoms with E-state index in [1.807, 2.05) is 6.08 Å². The lowest BCUT2D eigenvalue weighted by Gasteiger charge is -2.18. The van der Waals surface area contributed by atoms with Crippen molar-refractivity contribution in [3.63, 3.8) is 0 Å². The molecule has 0 aliphatic carbocycles. The molecule has 0 spiro atoms. The number of ether oxygens (including phenoxy) is 3. The Hall–Kier alpha value is -3.67. The van der Waals surface area contributed by atoms with Gasteiger partial charge in [0.15, 0.2) is 6.10 Å². The van der Waals surface area contributed by atoms with Gasteiger partial charge < -0.3 is 14.2 Å². The van der Waals surface area contributed by atoms with E-state index < -0.39 is 12.1 Å². The Morgan fingerprint density at radius 2 is 0.576 bits per heavy atom. The third-order valence-electron chi connectivity index (χ3n) is 11.3. The molecule has 0 aliphatic rings. The van der Waals surface area contributed by atoms with Gasteiger partial charge in [-0.1, -0.05) is 227 Å². The van der Waals surface area contributed by atoms with Crippen LogP contribution in [-0.2, 0) is 28.6 Å². The van der Waals surface area contributed by atoms with Crippen molar-refractivity contribution >= 4 is 17.9 Å². The lowest BCUT2D eigenvalue weighted by atomic mass is 10.0. The molecule has 0 fully saturated rings. The summed E-state index contributed by atoms with van der Waals surface area (Å²) in [7, 11) is 0. The van der Waals surface area contributed by atoms with Gasteiger partial charge in [-0.2, -0.15) is 0 Å². The Morgan fingerprint density at radius 3 is 0.939 bits per heavy atom. The molecule has 0 aromatic heterocycles. The monoisotopic (exact) mass is 917 g/mol. The van der Waals surface area contributed by atoms with Gasteiger partial charge in [0.25, 0.3) is 0 Å². The maximum absolute atomic E-state index is 12.8. The Kier molecular flexibility index (Phi) is 50.9. The van der Waals surface area contributed by atoms with Gasteiger partial charge in [-0.15, -0.1) is 0 Å². The van der Waals surface area contributed by atoms with Crippen molar-refractivity contribution in [2.75, 3.05) is 13.2 Å². The minimum absolute atomic E-state index is 0.114. The van der Waals surface area contributed by atoms with Gasteiger partial charge in [-0.05, 0) is 96.3 Å². The average Bonchev–Trinajstić information content (AvgIpc) is 3.31. The van der Waals surface area contributed by atoms with E-state index in [0.717, 1.165) is 89.9 Å². The smallest absolute Gasteiger partial charge is 0.306 e. The zero-order valence-corrected chi connectivity index (χ0v) is 42.9. The molecule has 0 saturated heterocycles. The van der Waals surface area contributed by atoms with Crippen LogP contribution in [0.4, 0.5) is 0 Å². The summed E-state index contributed by atoms with van der Waals surface area (Å²) >= 11 is 0. The van der Waals surface area contributed by atoms with Gasteiger partial charge in [0.1, 0.15) is 13.2 Å². The van der Waals surface area contributed by atoms with Crippen molar-refractivity contribution in [2.24, 2.45) is 0 Å². The zero-order valence-electron chi connectivity index (χ0n) is 42.9. The van der Waals surface area contributed by atoms with Crippen molar-refractivity contribution in [2.45, 2.75) is 252 Å². The van der Waals surface area contributed by atoms with E-state index >= 15 is 0 Å². The largest absolute Gasteiger partial charge is 0.462 e. The van der Waals surface area contributed by atoms with Gasteiger partial charge in [-0.25, -0.2) is 0 Å². The highest BCUT2D eigenvalue weighted by molar-refractivity contribution is 5.71. The summed E-state index contributed by atoms with van der Waals surface area (Å²) in [5.74, 6) is -1.02. The summed E-state index contributed by atoms with van der Waals surface area (Å²) in [6.45, 7) is 6.50. The number of unbranched alkanes of at least 4 members (excludes halogenated alkanes) is 21. The Bertz CT molecular complexity index is 1330. The topological polar surface area (TPSA) is 78.9 Å². The third kappa shape index (κ3) is 51.3. The molecule has 66 heavy (non-hydrogen) atoms. The molecule has 6 nitrogen and oxygen atoms in total. The van der Waals surface area contributed by atoms with Crippen molar-refractivity contribution in [1.29, 1.82) is 0 Å². The molecule has 0 heterocycles. The van der Waals surface area contributed by atoms with Crippen molar-refractivity contribution in [3.05, 3.63) is 97.2 Å². The fraction of sp³-hybridized carbons (Fsp3) is 0.683. The van der Waals surface area contributed by atoms with E-state index in [1.54, 1.807) is 0 Å². The molecular weight excluding hydrogens is 817 g/mol. The summed E-state index contributed by atoms with van der Waals surface area (Å²) in [4.78, 5) is 38.0. The van der Waals surface area contributed by atoms with Crippen LogP contribution in [-0.4, -0.2) is 37.2 Å². The minimum atomic E-state index is -0.825. The van der Waals surface area contributed by atoms with Crippen LogP contribution in [0.5, 0.6) is 0 Å². The fourth-order valence-corrected chi connectivity index (χ4v) is 7.20. The highest BCUT2D eigenvalue weighted by atomic mass is 16.6. The predicted octanol–water partition coefficient (Wildman–Crippen LogP) is 18.1. The first-order valence-corrected chi connectivity index (χ1v) is 27.2. The normalized spacial score (nSPS) is 12.8. The summed E-state index contributed by atoms with van der Waals surface area (Å²) in [6.07, 6.45) is 71.1. The van der Waals surface area contributed by atoms with Crippen LogP contribution >= 0.6 is 0 Å². The minimum Gasteiger partial charge on any atom is -0.462 e. The van der Waals surface area contributed by atoms with E-state index in [2.05, 4.69) is 112 Å². The molecule has 0 aromatic rings. The summed E-state index contributed by atoms with van der Waals surface area (Å²) in [5.41, 5.74) is 0. The second-order valence-electron chi connectivity index (χ2n) is 17.8. The second kappa shape index (κ2) is 53.9. The first kappa shape index (κ1) is 62.3. The molecule has 376 valence electrons. The van der Waals surface area contributed by atoms with Crippen molar-refractivity contribution < 1.29 is 28.6 Å². The molecule has 0 amide bonds. The molecule has 0 aromatic carbocycles. The molecule has 6 heteroatoms. The number of carbonyl (C=O) groups is 3. The van der Waals surface area contributed by atoms with E-state index in [1.165, 1.54) is 109 Å². The van der Waals surface area contributed by atoms with Crippen LogP contribution in [0.15, 0.2) is 97.2 Å². The molecule has 0 N–H and O–H groups in total. The molecule has 0 saturated carbocycles. The molecule has 0 radical (unpaired) electrons. The van der Waals surface area contributed by atoms with Crippen LogP contribution < -0.4 is 0 Å². The highest BCUT2D eigenvalue weighted by Gasteiger charge is 2.19. The van der Waals surface area contributed by atoms with E-state index in [-0.39, 0.29) is 31.6 Å². The molecule has 0 bridgehead atoms. The standard InChI is InChI=1S/C60H100O6/c1-4-7-10-13-16-19-22-25-27-29-30-32-34-36-39-42-45-48-51-54-60(63)66-57(55-64-58(61)52-49-46-43-40-37-24-21-18-15-12-9-6-3)56-65-59(62)53-50-47-44-41-38-35-33-31-28-26-23-20-17-14-11-8-5-2/h16-17,19-20,25-28,30,32-33,35-36,39,45,48,57H,4-15,18,21-24,29,31,34,37-38,40-44,46-47,49-56H2,1-3H3/b19-16-,20-17-,27-25-,28-26-,32-30-,35-33-,39-36-,48-45-/t57-/m0/s1. The number of hydrogen-bond acceptors (Lipinski definition) is 6. The van der Waals surface area contributed by atoms with Crippen LogP contribution in [0.2, 0.25) is 0 Å². The van der Waals surface area contributed by atoms with Gasteiger partial charge in [0.05, 0.1) is 0 Å². The van der Waals surface area contributed by atoms with E-state index in [4.69, 9.17) is 14.2 Å². The Morgan fingerprint density at radius 1 is 0.303 bits per heavy atom. The van der Waals surface area contributed by atoms with Crippen LogP contribution in [0.25, 0.3) is 0 Å². The van der Waals surface area contributed by atoms with Gasteiger partial charge in [0, 0.05) is 19.3 Å². The fourth-order valence-electron chi connectivity index (χ4n) is 7.20. The average molecular weight is 917 g/mol. The van der Waals surface area contributed by atoms with E-state index in [9.17, 15) is 14.4 Å². The maximum Gasteiger partial charge on any atom is 0.306 e. The first-order valence-electron chi connectivity index (χ1n) is 27.2. The molecule has 0 aliphatic heterocycles. The van der Waals surface area contributed by atoms with Gasteiger partial charge >= 0.3 is 17.9 Å². The summed E-state index contributed by atoms with van der Waals surface area (Å²) in [6, 6.07) is 0. The predicted molar refractivity (Wildman–Crippen MR) is 284 cm³/mol. The van der Waals surface area contributed by atoms with Crippen LogP contribution in [0, 0.1) is 0 Å². The summed E-state index contributed by atoms with van der Waals surface area (Å²) in [5, 5.41) is 0. The first-order chi connectivity index (χ1) is 32.5. The number of esters is 3. The molecular formula is C60H100O6. The molecule has 0 unspecified atom stereocenters. The van der Waals surface area contributed by atoms with Crippen LogP contribution in [0.3, 0.4) is 0 Å². The number of carbonyl (C=O) groups excluding carboxylic acids is 3. The Labute approximate surface area is 407 Å². The van der Waals surface area contributed by atoms with Gasteiger partial charge in [0.2, 0.25) is 0 Å². The molecule has 0 rings (SSSR count). The van der Waals surface area contributed by atoms with Crippen molar-refractivity contribution in [3.8, 4) is 0 Å². The lowest BCUT2D eigenvalue weighted by Crippen LogP contribution is -2.30. The quantitative estimate of drug-likeness (QED) is 0.0262. The number of hydrogen-bond donors (Lipinski definition) is 0. The summed E-state index contributed by atoms with van der Waals surface area (Å²) < 4.78 is 16.7. The Balaban J connectivity index is 4.54. The second-order valence-corrected chi connectivity index (χ2v) is 17.8. The number of rotatable bonds is 48. The van der Waals surface area contributed by atoms with Crippen molar-refractivity contribution in [1.82, 2.24) is 0 Å². The number of allylic oxidation sites excluding steroid dienone is 16. The van der Waals surface area contributed by atoms with E-state index in [0.29, 0.717) is 19.3 Å². The zero-order chi connectivity index (χ0) is 47.9. The maximum atomic E-state index is 12.8. The SMILES string of the molecule is CCCCC/C=C\C/C=C\C/C=C\C/C=C\C/C=C\CCC(=O)O[C@H](COC(=O)CCCCCC/C=C\C/C=C\C/C=C\CCCCC)COC(=O)CCCCCCCCCCCCCC. The van der Waals surface area contributed by atoms with Gasteiger partial charge in [-0.3, -0.25) is 14.4 Å². The molecule has 1 atom stereocenters.